The first-order chi connectivity index (χ1) is 14.0. The number of piperidine rings is 1. The Balaban J connectivity index is 1.46. The summed E-state index contributed by atoms with van der Waals surface area (Å²) in [7, 11) is 1.83. The molecule has 29 heavy (non-hydrogen) atoms. The molecular weight excluding hydrogens is 362 g/mol. The molecule has 1 aliphatic rings. The minimum atomic E-state index is -0.167. The van der Waals surface area contributed by atoms with Crippen LogP contribution in [0, 0.1) is 12.8 Å². The van der Waals surface area contributed by atoms with Gasteiger partial charge in [-0.05, 0) is 37.0 Å². The molecular formula is C24H25N3O2. The molecule has 148 valence electrons. The number of likely N-dealkylation sites (tertiary alicyclic amines) is 1. The smallest absolute Gasteiger partial charge is 0.274 e. The molecule has 1 saturated heterocycles. The van der Waals surface area contributed by atoms with Crippen molar-refractivity contribution in [2.75, 3.05) is 13.1 Å². The summed E-state index contributed by atoms with van der Waals surface area (Å²) in [5.41, 5.74) is 4.32. The van der Waals surface area contributed by atoms with Crippen molar-refractivity contribution in [1.29, 1.82) is 0 Å². The first-order valence-electron chi connectivity index (χ1n) is 10.0. The predicted octanol–water partition coefficient (Wildman–Crippen LogP) is 4.13. The molecule has 0 aliphatic carbocycles. The first kappa shape index (κ1) is 19.1. The second-order valence-corrected chi connectivity index (χ2v) is 7.69. The monoisotopic (exact) mass is 387 g/mol. The van der Waals surface area contributed by atoms with Crippen LogP contribution in [0.5, 0.6) is 0 Å². The van der Waals surface area contributed by atoms with Gasteiger partial charge in [0.25, 0.3) is 5.91 Å². The second-order valence-electron chi connectivity index (χ2n) is 7.69. The standard InChI is InChI=1S/C24H25N3O2/c1-17-15-22(25-26(17)2)24(29)27-14-6-9-21(16-27)23(28)20-12-10-19(11-13-20)18-7-4-3-5-8-18/h3-5,7-8,10-13,15,21H,6,9,14,16H2,1-2H3. The lowest BCUT2D eigenvalue weighted by molar-refractivity contribution is 0.0631. The Morgan fingerprint density at radius 1 is 1.00 bits per heavy atom. The summed E-state index contributed by atoms with van der Waals surface area (Å²) in [5, 5.41) is 4.29. The molecule has 1 aromatic heterocycles. The summed E-state index contributed by atoms with van der Waals surface area (Å²) in [6.07, 6.45) is 1.64. The van der Waals surface area contributed by atoms with E-state index in [1.165, 1.54) is 0 Å². The molecule has 0 saturated carbocycles. The van der Waals surface area contributed by atoms with Crippen LogP contribution in [0.2, 0.25) is 0 Å². The quantitative estimate of drug-likeness (QED) is 0.633. The van der Waals surface area contributed by atoms with E-state index in [1.54, 1.807) is 15.6 Å². The van der Waals surface area contributed by atoms with Gasteiger partial charge in [0.2, 0.25) is 0 Å². The minimum absolute atomic E-state index is 0.0920. The van der Waals surface area contributed by atoms with Crippen LogP contribution in [0.25, 0.3) is 11.1 Å². The Bertz CT molecular complexity index is 1000. The van der Waals surface area contributed by atoms with Crippen LogP contribution in [0.1, 0.15) is 39.4 Å². The maximum atomic E-state index is 13.1. The number of hydrogen-bond acceptors (Lipinski definition) is 3. The number of rotatable bonds is 4. The van der Waals surface area contributed by atoms with E-state index < -0.39 is 0 Å². The zero-order chi connectivity index (χ0) is 20.4. The van der Waals surface area contributed by atoms with Crippen LogP contribution in [0.4, 0.5) is 0 Å². The van der Waals surface area contributed by atoms with Crippen molar-refractivity contribution in [2.45, 2.75) is 19.8 Å². The third-order valence-corrected chi connectivity index (χ3v) is 5.69. The molecule has 0 spiro atoms. The number of ketones is 1. The van der Waals surface area contributed by atoms with Crippen LogP contribution in [0.3, 0.4) is 0 Å². The van der Waals surface area contributed by atoms with Gasteiger partial charge >= 0.3 is 0 Å². The molecule has 0 bridgehead atoms. The molecule has 1 aliphatic heterocycles. The number of amides is 1. The van der Waals surface area contributed by atoms with Crippen molar-refractivity contribution in [1.82, 2.24) is 14.7 Å². The molecule has 5 nitrogen and oxygen atoms in total. The van der Waals surface area contributed by atoms with Gasteiger partial charge < -0.3 is 4.90 Å². The Kier molecular flexibility index (Phi) is 5.30. The third-order valence-electron chi connectivity index (χ3n) is 5.69. The van der Waals surface area contributed by atoms with E-state index in [0.29, 0.717) is 24.3 Å². The number of nitrogens with zero attached hydrogens (tertiary/aromatic N) is 3. The average Bonchev–Trinajstić information content (AvgIpc) is 3.12. The number of aromatic nitrogens is 2. The van der Waals surface area contributed by atoms with E-state index in [9.17, 15) is 9.59 Å². The van der Waals surface area contributed by atoms with Crippen LogP contribution < -0.4 is 0 Å². The highest BCUT2D eigenvalue weighted by Gasteiger charge is 2.30. The fourth-order valence-corrected chi connectivity index (χ4v) is 3.90. The predicted molar refractivity (Wildman–Crippen MR) is 113 cm³/mol. The average molecular weight is 387 g/mol. The molecule has 1 unspecified atom stereocenters. The Hall–Kier alpha value is -3.21. The Morgan fingerprint density at radius 3 is 2.34 bits per heavy atom. The molecule has 2 aromatic carbocycles. The summed E-state index contributed by atoms with van der Waals surface area (Å²) in [6, 6.07) is 19.7. The van der Waals surface area contributed by atoms with Crippen molar-refractivity contribution >= 4 is 11.7 Å². The number of aryl methyl sites for hydroxylation is 2. The zero-order valence-electron chi connectivity index (χ0n) is 16.8. The summed E-state index contributed by atoms with van der Waals surface area (Å²) in [5.74, 6) is -0.148. The van der Waals surface area contributed by atoms with Crippen molar-refractivity contribution in [3.05, 3.63) is 77.6 Å². The summed E-state index contributed by atoms with van der Waals surface area (Å²) >= 11 is 0. The maximum Gasteiger partial charge on any atom is 0.274 e. The first-order valence-corrected chi connectivity index (χ1v) is 10.0. The Morgan fingerprint density at radius 2 is 1.69 bits per heavy atom. The maximum absolute atomic E-state index is 13.1. The minimum Gasteiger partial charge on any atom is -0.337 e. The van der Waals surface area contributed by atoms with E-state index in [0.717, 1.165) is 29.7 Å². The van der Waals surface area contributed by atoms with Crippen molar-refractivity contribution < 1.29 is 9.59 Å². The largest absolute Gasteiger partial charge is 0.337 e. The third kappa shape index (κ3) is 3.99. The fraction of sp³-hybridized carbons (Fsp3) is 0.292. The van der Waals surface area contributed by atoms with Crippen molar-refractivity contribution in [3.8, 4) is 11.1 Å². The number of carbonyl (C=O) groups is 2. The highest BCUT2D eigenvalue weighted by atomic mass is 16.2. The van der Waals surface area contributed by atoms with E-state index in [-0.39, 0.29) is 17.6 Å². The highest BCUT2D eigenvalue weighted by Crippen LogP contribution is 2.25. The van der Waals surface area contributed by atoms with Gasteiger partial charge in [0, 0.05) is 37.3 Å². The van der Waals surface area contributed by atoms with Gasteiger partial charge in [0.1, 0.15) is 0 Å². The van der Waals surface area contributed by atoms with Gasteiger partial charge in [-0.2, -0.15) is 5.10 Å². The van der Waals surface area contributed by atoms with Gasteiger partial charge in [0.05, 0.1) is 0 Å². The summed E-state index contributed by atoms with van der Waals surface area (Å²) in [6.45, 7) is 3.05. The Labute approximate surface area is 171 Å². The number of hydrogen-bond donors (Lipinski definition) is 0. The van der Waals surface area contributed by atoms with Gasteiger partial charge in [-0.15, -0.1) is 0 Å². The lowest BCUT2D eigenvalue weighted by Gasteiger charge is -2.31. The van der Waals surface area contributed by atoms with Gasteiger partial charge in [0.15, 0.2) is 11.5 Å². The zero-order valence-corrected chi connectivity index (χ0v) is 16.8. The van der Waals surface area contributed by atoms with Gasteiger partial charge in [-0.1, -0.05) is 54.6 Å². The topological polar surface area (TPSA) is 55.2 Å². The summed E-state index contributed by atoms with van der Waals surface area (Å²) in [4.78, 5) is 27.6. The normalized spacial score (nSPS) is 16.6. The van der Waals surface area contributed by atoms with Crippen molar-refractivity contribution in [3.63, 3.8) is 0 Å². The SMILES string of the molecule is Cc1cc(C(=O)N2CCCC(C(=O)c3ccc(-c4ccccc4)cc3)C2)nn1C. The number of benzene rings is 2. The van der Waals surface area contributed by atoms with Crippen LogP contribution >= 0.6 is 0 Å². The van der Waals surface area contributed by atoms with Crippen LogP contribution in [-0.4, -0.2) is 39.5 Å². The lowest BCUT2D eigenvalue weighted by Crippen LogP contribution is -2.42. The van der Waals surface area contributed by atoms with E-state index in [2.05, 4.69) is 17.2 Å². The molecule has 4 rings (SSSR count). The van der Waals surface area contributed by atoms with E-state index in [1.807, 2.05) is 56.4 Å². The van der Waals surface area contributed by atoms with Crippen LogP contribution in [-0.2, 0) is 7.05 Å². The van der Waals surface area contributed by atoms with Gasteiger partial charge in [-0.25, -0.2) is 0 Å². The van der Waals surface area contributed by atoms with E-state index >= 15 is 0 Å². The molecule has 1 amide bonds. The van der Waals surface area contributed by atoms with E-state index in [4.69, 9.17) is 0 Å². The highest BCUT2D eigenvalue weighted by molar-refractivity contribution is 5.99. The van der Waals surface area contributed by atoms with Gasteiger partial charge in [-0.3, -0.25) is 14.3 Å². The molecule has 5 heteroatoms. The molecule has 2 heterocycles. The van der Waals surface area contributed by atoms with Crippen LogP contribution in [0.15, 0.2) is 60.7 Å². The van der Waals surface area contributed by atoms with Crippen molar-refractivity contribution in [2.24, 2.45) is 13.0 Å². The molecule has 0 radical (unpaired) electrons. The molecule has 0 N–H and O–H groups in total. The number of Topliss-reactive ketones (excluding diaryl/α,β-unsaturated/α-hetero) is 1. The molecule has 1 fully saturated rings. The molecule has 3 aromatic rings. The molecule has 1 atom stereocenters. The second kappa shape index (κ2) is 8.03. The lowest BCUT2D eigenvalue weighted by atomic mass is 9.89. The fourth-order valence-electron chi connectivity index (χ4n) is 3.90. The summed E-state index contributed by atoms with van der Waals surface area (Å²) < 4.78 is 1.70. The number of carbonyl (C=O) groups excluding carboxylic acids is 2.